The summed E-state index contributed by atoms with van der Waals surface area (Å²) < 4.78 is 3.04. The lowest BCUT2D eigenvalue weighted by Crippen LogP contribution is -2.27. The number of carbonyl (C=O) groups is 1. The van der Waals surface area contributed by atoms with Crippen molar-refractivity contribution in [1.82, 2.24) is 14.1 Å². The molecule has 32 heavy (non-hydrogen) atoms. The molecule has 0 spiro atoms. The molecule has 1 aliphatic rings. The topological polar surface area (TPSA) is 102 Å². The first-order valence-electron chi connectivity index (χ1n) is 10.8. The first-order valence-corrected chi connectivity index (χ1v) is 11.6. The summed E-state index contributed by atoms with van der Waals surface area (Å²) >= 11 is 1.58. The van der Waals surface area contributed by atoms with Gasteiger partial charge in [-0.3, -0.25) is 14.2 Å². The van der Waals surface area contributed by atoms with Crippen LogP contribution in [0.2, 0.25) is 0 Å². The molecule has 0 saturated heterocycles. The van der Waals surface area contributed by atoms with Gasteiger partial charge in [-0.05, 0) is 51.2 Å². The van der Waals surface area contributed by atoms with Crippen LogP contribution in [0.5, 0.6) is 5.88 Å². The molecule has 5 rings (SSSR count). The van der Waals surface area contributed by atoms with Crippen molar-refractivity contribution < 1.29 is 9.90 Å². The van der Waals surface area contributed by atoms with Crippen LogP contribution in [-0.2, 0) is 24.2 Å². The minimum Gasteiger partial charge on any atom is -0.493 e. The summed E-state index contributed by atoms with van der Waals surface area (Å²) in [7, 11) is 0. The number of para-hydroxylation sites is 1. The standard InChI is InChI=1S/C23H23N5O3S/c1-3-27-16-10-6-4-8-14(16)19(23(27)31)25-26-20(29)13(2)28-12-24-21-18(22(28)30)15-9-5-7-11-17(15)32-21/h4,6,8,10,12-13,31H,3,5,7,9,11H2,1-2H3. The predicted octanol–water partition coefficient (Wildman–Crippen LogP) is 4.89. The largest absolute Gasteiger partial charge is 0.493 e. The molecule has 1 aromatic carbocycles. The Labute approximate surface area is 187 Å². The van der Waals surface area contributed by atoms with Gasteiger partial charge in [-0.2, -0.15) is 0 Å². The van der Waals surface area contributed by atoms with E-state index in [2.05, 4.69) is 15.2 Å². The second-order valence-electron chi connectivity index (χ2n) is 8.00. The summed E-state index contributed by atoms with van der Waals surface area (Å²) in [5.74, 6) is -0.617. The van der Waals surface area contributed by atoms with E-state index in [-0.39, 0.29) is 17.1 Å². The van der Waals surface area contributed by atoms with E-state index >= 15 is 0 Å². The van der Waals surface area contributed by atoms with Crippen LogP contribution in [-0.4, -0.2) is 25.1 Å². The van der Waals surface area contributed by atoms with E-state index in [1.165, 1.54) is 15.8 Å². The first-order chi connectivity index (χ1) is 15.5. The van der Waals surface area contributed by atoms with Crippen molar-refractivity contribution in [3.8, 4) is 5.88 Å². The number of amides is 1. The summed E-state index contributed by atoms with van der Waals surface area (Å²) in [5.41, 5.74) is 1.93. The second-order valence-corrected chi connectivity index (χ2v) is 9.08. The number of hydrogen-bond donors (Lipinski definition) is 1. The van der Waals surface area contributed by atoms with Crippen LogP contribution in [0.15, 0.2) is 45.6 Å². The average Bonchev–Trinajstić information content (AvgIpc) is 3.32. The van der Waals surface area contributed by atoms with Gasteiger partial charge in [-0.25, -0.2) is 4.98 Å². The molecule has 3 heterocycles. The second kappa shape index (κ2) is 7.98. The number of carbonyl (C=O) groups excluding carboxylic acids is 1. The molecule has 1 amide bonds. The lowest BCUT2D eigenvalue weighted by atomic mass is 9.97. The number of aromatic nitrogens is 3. The van der Waals surface area contributed by atoms with Gasteiger partial charge in [0.25, 0.3) is 11.5 Å². The Balaban J connectivity index is 1.50. The third kappa shape index (κ3) is 3.15. The fraction of sp³-hybridized carbons (Fsp3) is 0.348. The monoisotopic (exact) mass is 449 g/mol. The molecule has 1 aliphatic carbocycles. The molecule has 0 saturated carbocycles. The molecule has 8 nitrogen and oxygen atoms in total. The average molecular weight is 450 g/mol. The van der Waals surface area contributed by atoms with Gasteiger partial charge >= 0.3 is 0 Å². The summed E-state index contributed by atoms with van der Waals surface area (Å²) in [4.78, 5) is 32.5. The Kier molecular flexibility index (Phi) is 5.13. The number of nitrogens with zero attached hydrogens (tertiary/aromatic N) is 5. The number of aromatic hydroxyl groups is 1. The molecule has 0 radical (unpaired) electrons. The Morgan fingerprint density at radius 3 is 2.88 bits per heavy atom. The zero-order valence-corrected chi connectivity index (χ0v) is 18.7. The normalized spacial score (nSPS) is 14.9. The molecular weight excluding hydrogens is 426 g/mol. The third-order valence-corrected chi connectivity index (χ3v) is 7.36. The van der Waals surface area contributed by atoms with Crippen LogP contribution in [0.3, 0.4) is 0 Å². The van der Waals surface area contributed by atoms with Crippen LogP contribution in [0.1, 0.15) is 43.2 Å². The Bertz CT molecular complexity index is 1450. The lowest BCUT2D eigenvalue weighted by Gasteiger charge is -2.12. The quantitative estimate of drug-likeness (QED) is 0.448. The van der Waals surface area contributed by atoms with E-state index in [0.717, 1.165) is 41.6 Å². The third-order valence-electron chi connectivity index (χ3n) is 6.16. The first kappa shape index (κ1) is 20.6. The number of aryl methyl sites for hydroxylation is 3. The zero-order chi connectivity index (χ0) is 22.4. The van der Waals surface area contributed by atoms with Gasteiger partial charge in [0.15, 0.2) is 5.69 Å². The molecule has 1 N–H and O–H groups in total. The fourth-order valence-corrected chi connectivity index (χ4v) is 5.65. The van der Waals surface area contributed by atoms with Crippen molar-refractivity contribution in [2.75, 3.05) is 0 Å². The molecule has 164 valence electrons. The lowest BCUT2D eigenvalue weighted by molar-refractivity contribution is -0.121. The maximum atomic E-state index is 13.2. The summed E-state index contributed by atoms with van der Waals surface area (Å²) in [6, 6.07) is 6.56. The molecule has 9 heteroatoms. The van der Waals surface area contributed by atoms with Gasteiger partial charge in [0.2, 0.25) is 5.88 Å². The highest BCUT2D eigenvalue weighted by molar-refractivity contribution is 7.18. The summed E-state index contributed by atoms with van der Waals surface area (Å²) in [6.07, 6.45) is 5.47. The number of hydrogen-bond acceptors (Lipinski definition) is 6. The highest BCUT2D eigenvalue weighted by atomic mass is 32.1. The van der Waals surface area contributed by atoms with Crippen molar-refractivity contribution in [1.29, 1.82) is 0 Å². The highest BCUT2D eigenvalue weighted by Crippen LogP contribution is 2.39. The highest BCUT2D eigenvalue weighted by Gasteiger charge is 2.24. The van der Waals surface area contributed by atoms with Gasteiger partial charge in [0.05, 0.1) is 17.2 Å². The van der Waals surface area contributed by atoms with Gasteiger partial charge in [0.1, 0.15) is 10.9 Å². The van der Waals surface area contributed by atoms with Gasteiger partial charge in [-0.15, -0.1) is 21.6 Å². The predicted molar refractivity (Wildman–Crippen MR) is 124 cm³/mol. The molecule has 1 unspecified atom stereocenters. The van der Waals surface area contributed by atoms with Crippen LogP contribution >= 0.6 is 11.3 Å². The fourth-order valence-electron chi connectivity index (χ4n) is 4.43. The Morgan fingerprint density at radius 1 is 1.28 bits per heavy atom. The molecule has 0 fully saturated rings. The molecule has 0 aliphatic heterocycles. The number of rotatable bonds is 4. The number of benzene rings is 1. The minimum atomic E-state index is -0.857. The van der Waals surface area contributed by atoms with E-state index < -0.39 is 11.9 Å². The van der Waals surface area contributed by atoms with Crippen LogP contribution in [0.4, 0.5) is 5.69 Å². The van der Waals surface area contributed by atoms with Crippen LogP contribution < -0.4 is 5.56 Å². The Morgan fingerprint density at radius 2 is 2.06 bits per heavy atom. The smallest absolute Gasteiger partial charge is 0.287 e. The van der Waals surface area contributed by atoms with E-state index in [0.29, 0.717) is 17.3 Å². The SMILES string of the molecule is CCn1c(O)c(N=NC(=O)C(C)n2cnc3sc4c(c3c2=O)CCCC4)c2ccccc21. The van der Waals surface area contributed by atoms with E-state index in [1.54, 1.807) is 22.8 Å². The van der Waals surface area contributed by atoms with Crippen molar-refractivity contribution in [2.24, 2.45) is 10.2 Å². The number of azo groups is 1. The zero-order valence-electron chi connectivity index (χ0n) is 17.9. The van der Waals surface area contributed by atoms with Crippen molar-refractivity contribution in [3.63, 3.8) is 0 Å². The van der Waals surface area contributed by atoms with Gasteiger partial charge in [0, 0.05) is 16.8 Å². The molecule has 0 bridgehead atoms. The minimum absolute atomic E-state index is 0.0388. The van der Waals surface area contributed by atoms with Gasteiger partial charge < -0.3 is 9.67 Å². The molecule has 3 aromatic heterocycles. The van der Waals surface area contributed by atoms with Crippen molar-refractivity contribution >= 4 is 44.1 Å². The van der Waals surface area contributed by atoms with Crippen molar-refractivity contribution in [2.45, 2.75) is 52.1 Å². The summed E-state index contributed by atoms with van der Waals surface area (Å²) in [5, 5.41) is 19.8. The van der Waals surface area contributed by atoms with Crippen LogP contribution in [0.25, 0.3) is 21.1 Å². The number of thiophene rings is 1. The molecule has 4 aromatic rings. The number of fused-ring (bicyclic) bond motifs is 4. The maximum Gasteiger partial charge on any atom is 0.287 e. The van der Waals surface area contributed by atoms with E-state index in [9.17, 15) is 14.7 Å². The van der Waals surface area contributed by atoms with Crippen molar-refractivity contribution in [3.05, 3.63) is 51.4 Å². The Hall–Kier alpha value is -3.33. The maximum absolute atomic E-state index is 13.2. The van der Waals surface area contributed by atoms with E-state index in [4.69, 9.17) is 0 Å². The summed E-state index contributed by atoms with van der Waals surface area (Å²) in [6.45, 7) is 4.08. The molecule has 1 atom stereocenters. The van der Waals surface area contributed by atoms with E-state index in [1.807, 2.05) is 31.2 Å². The van der Waals surface area contributed by atoms with Crippen LogP contribution in [0, 0.1) is 0 Å². The molecular formula is C23H23N5O3S. The van der Waals surface area contributed by atoms with Gasteiger partial charge in [-0.1, -0.05) is 18.2 Å².